The van der Waals surface area contributed by atoms with E-state index in [4.69, 9.17) is 21.1 Å². The molecule has 1 fully saturated rings. The number of hydrogen-bond acceptors (Lipinski definition) is 5. The first-order chi connectivity index (χ1) is 15.8. The zero-order valence-electron chi connectivity index (χ0n) is 17.4. The molecule has 1 unspecified atom stereocenters. The Morgan fingerprint density at radius 3 is 2.70 bits per heavy atom. The number of pyridine rings is 1. The molecule has 0 saturated carbocycles. The number of benzene rings is 1. The van der Waals surface area contributed by atoms with Crippen molar-refractivity contribution in [2.75, 3.05) is 13.2 Å². The number of fused-ring (bicyclic) bond motifs is 1. The molecule has 0 N–H and O–H groups in total. The lowest BCUT2D eigenvalue weighted by atomic mass is 10.0. The second-order valence-corrected chi connectivity index (χ2v) is 8.20. The molecule has 1 aliphatic heterocycles. The van der Waals surface area contributed by atoms with Gasteiger partial charge in [-0.1, -0.05) is 17.7 Å². The Hall–Kier alpha value is -3.17. The van der Waals surface area contributed by atoms with Gasteiger partial charge in [0.1, 0.15) is 10.9 Å². The quantitative estimate of drug-likeness (QED) is 0.328. The minimum Gasteiger partial charge on any atom is -0.437 e. The number of ether oxygens (including phenoxy) is 2. The van der Waals surface area contributed by atoms with Gasteiger partial charge in [-0.2, -0.15) is 13.2 Å². The second kappa shape index (κ2) is 8.31. The number of nitrogens with zero attached hydrogens (tertiary/aromatic N) is 4. The SMILES string of the molecule is Cc1cc(Oc2cnc(C(F)(F)F)cn2)cc(-c2cn(C3CCOC3)c3ccnc(Cl)c23)c1. The van der Waals surface area contributed by atoms with Gasteiger partial charge in [0.25, 0.3) is 0 Å². The van der Waals surface area contributed by atoms with E-state index in [2.05, 4.69) is 19.5 Å². The highest BCUT2D eigenvalue weighted by Gasteiger charge is 2.33. The molecule has 0 amide bonds. The van der Waals surface area contributed by atoms with E-state index < -0.39 is 11.9 Å². The summed E-state index contributed by atoms with van der Waals surface area (Å²) in [4.78, 5) is 11.4. The van der Waals surface area contributed by atoms with Gasteiger partial charge in [-0.05, 0) is 42.7 Å². The van der Waals surface area contributed by atoms with E-state index in [0.29, 0.717) is 30.3 Å². The van der Waals surface area contributed by atoms with Crippen LogP contribution in [0.15, 0.2) is 49.1 Å². The van der Waals surface area contributed by atoms with Crippen LogP contribution in [0.4, 0.5) is 13.2 Å². The number of halogens is 4. The van der Waals surface area contributed by atoms with Crippen LogP contribution in [-0.4, -0.2) is 32.7 Å². The van der Waals surface area contributed by atoms with Crippen molar-refractivity contribution >= 4 is 22.5 Å². The molecule has 0 radical (unpaired) electrons. The molecule has 170 valence electrons. The third-order valence-electron chi connectivity index (χ3n) is 5.50. The third-order valence-corrected chi connectivity index (χ3v) is 5.79. The fourth-order valence-corrected chi connectivity index (χ4v) is 4.28. The molecule has 1 atom stereocenters. The van der Waals surface area contributed by atoms with Crippen LogP contribution in [0.1, 0.15) is 23.7 Å². The summed E-state index contributed by atoms with van der Waals surface area (Å²) in [6.07, 6.45) is 1.65. The molecule has 0 spiro atoms. The molecule has 3 aromatic heterocycles. The molecule has 0 bridgehead atoms. The fraction of sp³-hybridized carbons (Fsp3) is 0.261. The Morgan fingerprint density at radius 2 is 2.00 bits per heavy atom. The normalized spacial score (nSPS) is 16.5. The van der Waals surface area contributed by atoms with Crippen molar-refractivity contribution in [2.45, 2.75) is 25.6 Å². The highest BCUT2D eigenvalue weighted by molar-refractivity contribution is 6.35. The minimum absolute atomic E-state index is 0.0372. The number of alkyl halides is 3. The van der Waals surface area contributed by atoms with Gasteiger partial charge in [-0.25, -0.2) is 15.0 Å². The highest BCUT2D eigenvalue weighted by atomic mass is 35.5. The maximum absolute atomic E-state index is 12.7. The van der Waals surface area contributed by atoms with Crippen molar-refractivity contribution in [3.8, 4) is 22.8 Å². The van der Waals surface area contributed by atoms with Crippen molar-refractivity contribution in [1.29, 1.82) is 0 Å². The van der Waals surface area contributed by atoms with Gasteiger partial charge in [0, 0.05) is 30.0 Å². The Labute approximate surface area is 192 Å². The number of rotatable bonds is 4. The zero-order valence-corrected chi connectivity index (χ0v) is 18.2. The molecule has 0 aliphatic carbocycles. The zero-order chi connectivity index (χ0) is 23.2. The summed E-state index contributed by atoms with van der Waals surface area (Å²) in [5.74, 6) is 0.383. The summed E-state index contributed by atoms with van der Waals surface area (Å²) in [7, 11) is 0. The summed E-state index contributed by atoms with van der Waals surface area (Å²) in [5, 5.41) is 1.20. The Kier molecular flexibility index (Phi) is 5.46. The van der Waals surface area contributed by atoms with E-state index in [-0.39, 0.29) is 11.9 Å². The molecular formula is C23H18ClF3N4O2. The molecule has 1 aromatic carbocycles. The predicted molar refractivity (Wildman–Crippen MR) is 116 cm³/mol. The van der Waals surface area contributed by atoms with Gasteiger partial charge in [-0.15, -0.1) is 0 Å². The standard InChI is InChI=1S/C23H18ClF3N4O2/c1-13-6-14(8-16(7-13)33-20-10-29-19(9-30-20)23(25,26)27)17-11-31(15-3-5-32-12-15)18-2-4-28-22(24)21(17)18/h2,4,6-11,15H,3,5,12H2,1H3. The van der Waals surface area contributed by atoms with E-state index in [9.17, 15) is 13.2 Å². The van der Waals surface area contributed by atoms with Crippen LogP contribution in [0.25, 0.3) is 22.0 Å². The largest absolute Gasteiger partial charge is 0.437 e. The van der Waals surface area contributed by atoms with E-state index in [1.165, 1.54) is 0 Å². The van der Waals surface area contributed by atoms with Gasteiger partial charge in [0.05, 0.1) is 30.6 Å². The average molecular weight is 475 g/mol. The van der Waals surface area contributed by atoms with Gasteiger partial charge in [-0.3, -0.25) is 0 Å². The molecule has 5 rings (SSSR count). The van der Waals surface area contributed by atoms with Crippen LogP contribution in [0.3, 0.4) is 0 Å². The predicted octanol–water partition coefficient (Wildman–Crippen LogP) is 6.23. The smallest absolute Gasteiger partial charge is 0.434 e. The Bertz CT molecular complexity index is 1320. The lowest BCUT2D eigenvalue weighted by Gasteiger charge is -2.11. The van der Waals surface area contributed by atoms with Crippen LogP contribution < -0.4 is 4.74 Å². The number of aromatic nitrogens is 4. The first-order valence-corrected chi connectivity index (χ1v) is 10.6. The number of hydrogen-bond donors (Lipinski definition) is 0. The van der Waals surface area contributed by atoms with Gasteiger partial charge < -0.3 is 14.0 Å². The van der Waals surface area contributed by atoms with Gasteiger partial charge in [0.15, 0.2) is 5.69 Å². The maximum Gasteiger partial charge on any atom is 0.434 e. The van der Waals surface area contributed by atoms with E-state index in [0.717, 1.165) is 40.2 Å². The fourth-order valence-electron chi connectivity index (χ4n) is 4.03. The molecule has 1 saturated heterocycles. The van der Waals surface area contributed by atoms with E-state index >= 15 is 0 Å². The Balaban J connectivity index is 1.54. The second-order valence-electron chi connectivity index (χ2n) is 7.84. The van der Waals surface area contributed by atoms with Crippen LogP contribution in [0, 0.1) is 6.92 Å². The summed E-state index contributed by atoms with van der Waals surface area (Å²) in [5.41, 5.74) is 2.49. The highest BCUT2D eigenvalue weighted by Crippen LogP contribution is 2.39. The van der Waals surface area contributed by atoms with Crippen molar-refractivity contribution < 1.29 is 22.6 Å². The molecule has 33 heavy (non-hydrogen) atoms. The molecule has 4 aromatic rings. The average Bonchev–Trinajstić information content (AvgIpc) is 3.41. The summed E-state index contributed by atoms with van der Waals surface area (Å²) in [6.45, 7) is 3.23. The first-order valence-electron chi connectivity index (χ1n) is 10.2. The lowest BCUT2D eigenvalue weighted by molar-refractivity contribution is -0.141. The van der Waals surface area contributed by atoms with Crippen LogP contribution in [0.5, 0.6) is 11.6 Å². The summed E-state index contributed by atoms with van der Waals surface area (Å²) >= 11 is 6.50. The van der Waals surface area contributed by atoms with Crippen LogP contribution in [-0.2, 0) is 10.9 Å². The third kappa shape index (κ3) is 4.26. The molecule has 4 heterocycles. The molecule has 10 heteroatoms. The Morgan fingerprint density at radius 1 is 1.15 bits per heavy atom. The van der Waals surface area contributed by atoms with Gasteiger partial charge >= 0.3 is 6.18 Å². The van der Waals surface area contributed by atoms with E-state index in [1.807, 2.05) is 25.3 Å². The molecule has 6 nitrogen and oxygen atoms in total. The monoisotopic (exact) mass is 474 g/mol. The minimum atomic E-state index is -4.56. The van der Waals surface area contributed by atoms with Crippen molar-refractivity contribution in [2.24, 2.45) is 0 Å². The lowest BCUT2D eigenvalue weighted by Crippen LogP contribution is -2.08. The maximum atomic E-state index is 12.7. The van der Waals surface area contributed by atoms with Crippen molar-refractivity contribution in [3.63, 3.8) is 0 Å². The van der Waals surface area contributed by atoms with Crippen molar-refractivity contribution in [1.82, 2.24) is 19.5 Å². The van der Waals surface area contributed by atoms with Gasteiger partial charge in [0.2, 0.25) is 5.88 Å². The first kappa shape index (κ1) is 21.7. The van der Waals surface area contributed by atoms with Crippen molar-refractivity contribution in [3.05, 3.63) is 65.5 Å². The van der Waals surface area contributed by atoms with E-state index in [1.54, 1.807) is 18.3 Å². The van der Waals surface area contributed by atoms with Crippen LogP contribution in [0.2, 0.25) is 5.15 Å². The number of aryl methyl sites for hydroxylation is 1. The summed E-state index contributed by atoms with van der Waals surface area (Å²) in [6, 6.07) is 7.67. The molecular weight excluding hydrogens is 457 g/mol. The van der Waals surface area contributed by atoms with Crippen LogP contribution >= 0.6 is 11.6 Å². The topological polar surface area (TPSA) is 62.1 Å². The molecule has 1 aliphatic rings. The summed E-state index contributed by atoms with van der Waals surface area (Å²) < 4.78 is 51.7.